The van der Waals surface area contributed by atoms with Crippen molar-refractivity contribution in [3.63, 3.8) is 0 Å². The van der Waals surface area contributed by atoms with Gasteiger partial charge < -0.3 is 25.0 Å². The fourth-order valence-corrected chi connectivity index (χ4v) is 1.43. The van der Waals surface area contributed by atoms with Gasteiger partial charge in [0, 0.05) is 25.8 Å². The lowest BCUT2D eigenvalue weighted by Gasteiger charge is -2.14. The number of hydrogen-bond donors (Lipinski definition) is 3. The molecule has 0 aliphatic heterocycles. The highest BCUT2D eigenvalue weighted by Crippen LogP contribution is 2.17. The number of aliphatic hydroxyl groups excluding tert-OH is 2. The zero-order valence-electron chi connectivity index (χ0n) is 10.6. The van der Waals surface area contributed by atoms with Gasteiger partial charge >= 0.3 is 0 Å². The van der Waals surface area contributed by atoms with Gasteiger partial charge in [-0.3, -0.25) is 0 Å². The molecule has 5 heteroatoms. The van der Waals surface area contributed by atoms with E-state index in [1.807, 2.05) is 24.3 Å². The Morgan fingerprint density at radius 1 is 1.33 bits per heavy atom. The number of benzene rings is 1. The molecule has 1 atom stereocenters. The number of rotatable bonds is 9. The average molecular weight is 255 g/mol. The summed E-state index contributed by atoms with van der Waals surface area (Å²) >= 11 is 0. The second kappa shape index (κ2) is 8.88. The lowest BCUT2D eigenvalue weighted by molar-refractivity contribution is 0.0532. The summed E-state index contributed by atoms with van der Waals surface area (Å²) in [7, 11) is 1.66. The normalized spacial score (nSPS) is 12.4. The summed E-state index contributed by atoms with van der Waals surface area (Å²) in [4.78, 5) is 0. The highest BCUT2D eigenvalue weighted by Gasteiger charge is 2.06. The third-order valence-electron chi connectivity index (χ3n) is 2.41. The molecule has 0 saturated carbocycles. The summed E-state index contributed by atoms with van der Waals surface area (Å²) in [5.74, 6) is 0.718. The number of aliphatic hydroxyl groups is 2. The smallest absolute Gasteiger partial charge is 0.123 e. The molecule has 0 radical (unpaired) electrons. The zero-order chi connectivity index (χ0) is 13.2. The Balaban J connectivity index is 2.45. The van der Waals surface area contributed by atoms with Crippen molar-refractivity contribution in [2.45, 2.75) is 12.6 Å². The van der Waals surface area contributed by atoms with E-state index in [0.29, 0.717) is 13.2 Å². The van der Waals surface area contributed by atoms with Gasteiger partial charge in [-0.15, -0.1) is 0 Å². The summed E-state index contributed by atoms with van der Waals surface area (Å²) in [5, 5.41) is 21.2. The van der Waals surface area contributed by atoms with E-state index in [2.05, 4.69) is 5.32 Å². The first-order chi connectivity index (χ1) is 8.77. The minimum absolute atomic E-state index is 0.0889. The molecule has 18 heavy (non-hydrogen) atoms. The Morgan fingerprint density at radius 3 is 2.83 bits per heavy atom. The van der Waals surface area contributed by atoms with Crippen LogP contribution in [0.15, 0.2) is 24.3 Å². The molecule has 102 valence electrons. The Hall–Kier alpha value is -1.14. The predicted molar refractivity (Wildman–Crippen MR) is 68.6 cm³/mol. The van der Waals surface area contributed by atoms with Crippen LogP contribution in [0.25, 0.3) is 0 Å². The van der Waals surface area contributed by atoms with Crippen molar-refractivity contribution in [3.8, 4) is 5.75 Å². The standard InChI is InChI=1S/C13H21NO4/c1-17-7-6-14-8-11-4-2-3-5-13(11)18-10-12(16)9-15/h2-5,12,14-16H,6-10H2,1H3. The second-order valence-corrected chi connectivity index (χ2v) is 3.92. The third kappa shape index (κ3) is 5.46. The van der Waals surface area contributed by atoms with Gasteiger partial charge in [0.1, 0.15) is 18.5 Å². The van der Waals surface area contributed by atoms with Crippen LogP contribution < -0.4 is 10.1 Å². The maximum absolute atomic E-state index is 9.25. The van der Waals surface area contributed by atoms with Gasteiger partial charge in [0.25, 0.3) is 0 Å². The molecule has 3 N–H and O–H groups in total. The maximum atomic E-state index is 9.25. The molecule has 0 bridgehead atoms. The summed E-state index contributed by atoms with van der Waals surface area (Å²) in [6, 6.07) is 7.61. The molecule has 1 aromatic carbocycles. The molecule has 1 unspecified atom stereocenters. The molecule has 0 fully saturated rings. The first-order valence-electron chi connectivity index (χ1n) is 5.97. The number of ether oxygens (including phenoxy) is 2. The van der Waals surface area contributed by atoms with Crippen molar-refractivity contribution in [1.82, 2.24) is 5.32 Å². The van der Waals surface area contributed by atoms with E-state index in [0.717, 1.165) is 17.9 Å². The molecule has 1 aromatic rings. The highest BCUT2D eigenvalue weighted by atomic mass is 16.5. The van der Waals surface area contributed by atoms with E-state index in [9.17, 15) is 5.11 Å². The SMILES string of the molecule is COCCNCc1ccccc1OCC(O)CO. The van der Waals surface area contributed by atoms with Crippen LogP contribution in [0.1, 0.15) is 5.56 Å². The van der Waals surface area contributed by atoms with Crippen LogP contribution in [0.2, 0.25) is 0 Å². The molecule has 5 nitrogen and oxygen atoms in total. The summed E-state index contributed by atoms with van der Waals surface area (Å²) < 4.78 is 10.4. The fraction of sp³-hybridized carbons (Fsp3) is 0.538. The fourth-order valence-electron chi connectivity index (χ4n) is 1.43. The van der Waals surface area contributed by atoms with Crippen molar-refractivity contribution in [2.75, 3.05) is 33.5 Å². The number of hydrogen-bond acceptors (Lipinski definition) is 5. The molecule has 0 amide bonds. The number of methoxy groups -OCH3 is 1. The molecule has 0 heterocycles. The van der Waals surface area contributed by atoms with E-state index < -0.39 is 6.10 Å². The van der Waals surface area contributed by atoms with E-state index in [1.54, 1.807) is 7.11 Å². The lowest BCUT2D eigenvalue weighted by atomic mass is 10.2. The van der Waals surface area contributed by atoms with Gasteiger partial charge in [-0.25, -0.2) is 0 Å². The topological polar surface area (TPSA) is 71.0 Å². The lowest BCUT2D eigenvalue weighted by Crippen LogP contribution is -2.23. The van der Waals surface area contributed by atoms with Gasteiger partial charge in [-0.05, 0) is 6.07 Å². The first kappa shape index (κ1) is 14.9. The van der Waals surface area contributed by atoms with Crippen LogP contribution in [-0.4, -0.2) is 49.8 Å². The quantitative estimate of drug-likeness (QED) is 0.548. The zero-order valence-corrected chi connectivity index (χ0v) is 10.6. The summed E-state index contributed by atoms with van der Waals surface area (Å²) in [6.45, 7) is 1.89. The summed E-state index contributed by atoms with van der Waals surface area (Å²) in [6.07, 6.45) is -0.848. The van der Waals surface area contributed by atoms with Crippen molar-refractivity contribution >= 4 is 0 Å². The van der Waals surface area contributed by atoms with Gasteiger partial charge in [-0.2, -0.15) is 0 Å². The molecular weight excluding hydrogens is 234 g/mol. The predicted octanol–water partition coefficient (Wildman–Crippen LogP) is 0.155. The highest BCUT2D eigenvalue weighted by molar-refractivity contribution is 5.33. The molecule has 0 saturated heterocycles. The molecule has 0 aromatic heterocycles. The maximum Gasteiger partial charge on any atom is 0.123 e. The second-order valence-electron chi connectivity index (χ2n) is 3.92. The average Bonchev–Trinajstić information content (AvgIpc) is 2.42. The molecule has 1 rings (SSSR count). The molecule has 0 aliphatic rings. The van der Waals surface area contributed by atoms with Crippen LogP contribution in [-0.2, 0) is 11.3 Å². The number of para-hydroxylation sites is 1. The van der Waals surface area contributed by atoms with Crippen LogP contribution in [0, 0.1) is 0 Å². The van der Waals surface area contributed by atoms with E-state index in [4.69, 9.17) is 14.6 Å². The van der Waals surface area contributed by atoms with E-state index in [1.165, 1.54) is 0 Å². The van der Waals surface area contributed by atoms with Crippen LogP contribution in [0.4, 0.5) is 0 Å². The molecular formula is C13H21NO4. The van der Waals surface area contributed by atoms with E-state index >= 15 is 0 Å². The Kier molecular flexibility index (Phi) is 7.36. The Labute approximate surface area is 107 Å². The molecule has 0 spiro atoms. The van der Waals surface area contributed by atoms with Crippen molar-refractivity contribution in [1.29, 1.82) is 0 Å². The van der Waals surface area contributed by atoms with Crippen LogP contribution in [0.3, 0.4) is 0 Å². The van der Waals surface area contributed by atoms with Gasteiger partial charge in [0.05, 0.1) is 13.2 Å². The Morgan fingerprint density at radius 2 is 2.11 bits per heavy atom. The van der Waals surface area contributed by atoms with Gasteiger partial charge in [-0.1, -0.05) is 18.2 Å². The van der Waals surface area contributed by atoms with Crippen molar-refractivity contribution in [3.05, 3.63) is 29.8 Å². The minimum Gasteiger partial charge on any atom is -0.490 e. The number of nitrogens with one attached hydrogen (secondary N) is 1. The first-order valence-corrected chi connectivity index (χ1v) is 5.97. The van der Waals surface area contributed by atoms with Crippen LogP contribution >= 0.6 is 0 Å². The van der Waals surface area contributed by atoms with Gasteiger partial charge in [0.15, 0.2) is 0 Å². The van der Waals surface area contributed by atoms with Gasteiger partial charge in [0.2, 0.25) is 0 Å². The van der Waals surface area contributed by atoms with Crippen LogP contribution in [0.5, 0.6) is 5.75 Å². The Bertz CT molecular complexity index is 333. The summed E-state index contributed by atoms with van der Waals surface area (Å²) in [5.41, 5.74) is 1.01. The largest absolute Gasteiger partial charge is 0.490 e. The molecule has 0 aliphatic carbocycles. The van der Waals surface area contributed by atoms with Crippen molar-refractivity contribution < 1.29 is 19.7 Å². The van der Waals surface area contributed by atoms with E-state index in [-0.39, 0.29) is 13.2 Å². The van der Waals surface area contributed by atoms with Crippen molar-refractivity contribution in [2.24, 2.45) is 0 Å². The third-order valence-corrected chi connectivity index (χ3v) is 2.41. The minimum atomic E-state index is -0.848. The monoisotopic (exact) mass is 255 g/mol.